The van der Waals surface area contributed by atoms with Crippen molar-refractivity contribution in [2.24, 2.45) is 4.40 Å². The Balaban J connectivity index is 1.94. The monoisotopic (exact) mass is 400 g/mol. The first-order valence-electron chi connectivity index (χ1n) is 8.65. The maximum absolute atomic E-state index is 12.7. The third-order valence-corrected chi connectivity index (χ3v) is 6.53. The van der Waals surface area contributed by atoms with Crippen molar-refractivity contribution in [1.29, 1.82) is 0 Å². The molecule has 3 rings (SSSR count). The first-order valence-corrected chi connectivity index (χ1v) is 10.9. The molecule has 1 fully saturated rings. The van der Waals surface area contributed by atoms with E-state index in [1.54, 1.807) is 37.3 Å². The highest BCUT2D eigenvalue weighted by Gasteiger charge is 2.33. The van der Waals surface area contributed by atoms with Crippen LogP contribution in [0.2, 0.25) is 0 Å². The maximum Gasteiger partial charge on any atom is 0.284 e. The Kier molecular flexibility index (Phi) is 5.82. The number of carbonyl (C=O) groups excluding carboxylic acids is 1. The minimum atomic E-state index is -3.89. The molecule has 7 heteroatoms. The predicted molar refractivity (Wildman–Crippen MR) is 110 cm³/mol. The van der Waals surface area contributed by atoms with Crippen LogP contribution in [-0.4, -0.2) is 30.9 Å². The molecule has 27 heavy (non-hydrogen) atoms. The lowest BCUT2D eigenvalue weighted by Crippen LogP contribution is -2.29. The predicted octanol–water partition coefficient (Wildman–Crippen LogP) is 3.93. The SMILES string of the molecule is CCc1ccc(S(=O)(=O)N=C2S/C(=C\c3ccccc3)C(=O)N2CC)cc1. The second-order valence-corrected chi connectivity index (χ2v) is 8.53. The number of benzene rings is 2. The number of amidine groups is 1. The van der Waals surface area contributed by atoms with Gasteiger partial charge in [0.05, 0.1) is 9.80 Å². The molecular formula is C20H20N2O3S2. The molecule has 1 heterocycles. The quantitative estimate of drug-likeness (QED) is 0.713. The lowest BCUT2D eigenvalue weighted by molar-refractivity contribution is -0.122. The average molecular weight is 401 g/mol. The Hall–Kier alpha value is -2.38. The van der Waals surface area contributed by atoms with Gasteiger partial charge in [-0.05, 0) is 54.4 Å². The van der Waals surface area contributed by atoms with Crippen LogP contribution >= 0.6 is 11.8 Å². The molecule has 0 aromatic heterocycles. The van der Waals surface area contributed by atoms with Crippen molar-refractivity contribution < 1.29 is 13.2 Å². The zero-order chi connectivity index (χ0) is 19.4. The molecule has 5 nitrogen and oxygen atoms in total. The number of nitrogens with zero attached hydrogens (tertiary/aromatic N) is 2. The highest BCUT2D eigenvalue weighted by molar-refractivity contribution is 8.19. The number of carbonyl (C=O) groups is 1. The van der Waals surface area contributed by atoms with E-state index in [4.69, 9.17) is 0 Å². The van der Waals surface area contributed by atoms with Crippen LogP contribution in [0.5, 0.6) is 0 Å². The van der Waals surface area contributed by atoms with E-state index in [0.29, 0.717) is 11.4 Å². The van der Waals surface area contributed by atoms with Gasteiger partial charge in [-0.25, -0.2) is 0 Å². The third kappa shape index (κ3) is 4.31. The van der Waals surface area contributed by atoms with Crippen LogP contribution in [0.1, 0.15) is 25.0 Å². The summed E-state index contributed by atoms with van der Waals surface area (Å²) in [5, 5.41) is 0.184. The van der Waals surface area contributed by atoms with E-state index in [0.717, 1.165) is 29.3 Å². The van der Waals surface area contributed by atoms with Crippen molar-refractivity contribution in [3.05, 3.63) is 70.6 Å². The summed E-state index contributed by atoms with van der Waals surface area (Å²) in [5.74, 6) is -0.235. The summed E-state index contributed by atoms with van der Waals surface area (Å²) in [6.07, 6.45) is 2.58. The van der Waals surface area contributed by atoms with Gasteiger partial charge in [-0.15, -0.1) is 4.40 Å². The summed E-state index contributed by atoms with van der Waals surface area (Å²) >= 11 is 1.08. The van der Waals surface area contributed by atoms with E-state index < -0.39 is 10.0 Å². The molecule has 0 spiro atoms. The molecule has 0 unspecified atom stereocenters. The van der Waals surface area contributed by atoms with Gasteiger partial charge in [0.2, 0.25) is 0 Å². The second kappa shape index (κ2) is 8.10. The van der Waals surface area contributed by atoms with Gasteiger partial charge in [0, 0.05) is 6.54 Å². The first-order chi connectivity index (χ1) is 12.9. The van der Waals surface area contributed by atoms with Crippen molar-refractivity contribution in [2.45, 2.75) is 25.2 Å². The molecule has 1 aliphatic rings. The van der Waals surface area contributed by atoms with E-state index in [1.807, 2.05) is 37.3 Å². The summed E-state index contributed by atoms with van der Waals surface area (Å²) in [4.78, 5) is 14.6. The number of likely N-dealkylation sites (N-methyl/N-ethyl adjacent to an activating group) is 1. The Morgan fingerprint density at radius 2 is 1.70 bits per heavy atom. The summed E-state index contributed by atoms with van der Waals surface area (Å²) in [7, 11) is -3.89. The molecule has 0 saturated carbocycles. The van der Waals surface area contributed by atoms with Gasteiger partial charge in [-0.1, -0.05) is 49.4 Å². The molecular weight excluding hydrogens is 380 g/mol. The van der Waals surface area contributed by atoms with Crippen molar-refractivity contribution in [2.75, 3.05) is 6.54 Å². The number of sulfonamides is 1. The zero-order valence-electron chi connectivity index (χ0n) is 15.1. The number of amides is 1. The van der Waals surface area contributed by atoms with Crippen LogP contribution in [0.15, 0.2) is 68.8 Å². The minimum Gasteiger partial charge on any atom is -0.286 e. The van der Waals surface area contributed by atoms with Crippen LogP contribution in [0, 0.1) is 0 Å². The smallest absolute Gasteiger partial charge is 0.284 e. The number of rotatable bonds is 5. The lowest BCUT2D eigenvalue weighted by atomic mass is 10.2. The zero-order valence-corrected chi connectivity index (χ0v) is 16.8. The Morgan fingerprint density at radius 1 is 1.04 bits per heavy atom. The molecule has 2 aromatic carbocycles. The number of aryl methyl sites for hydroxylation is 1. The molecule has 1 saturated heterocycles. The van der Waals surface area contributed by atoms with Crippen molar-refractivity contribution in [3.63, 3.8) is 0 Å². The van der Waals surface area contributed by atoms with Gasteiger partial charge in [0.25, 0.3) is 15.9 Å². The molecule has 0 atom stereocenters. The van der Waals surface area contributed by atoms with Gasteiger partial charge in [0.15, 0.2) is 5.17 Å². The number of thioether (sulfide) groups is 1. The molecule has 0 aliphatic carbocycles. The normalized spacial score (nSPS) is 17.9. The van der Waals surface area contributed by atoms with Crippen LogP contribution in [-0.2, 0) is 21.2 Å². The van der Waals surface area contributed by atoms with Gasteiger partial charge >= 0.3 is 0 Å². The fourth-order valence-corrected chi connectivity index (χ4v) is 4.85. The highest BCUT2D eigenvalue weighted by Crippen LogP contribution is 2.33. The minimum absolute atomic E-state index is 0.122. The van der Waals surface area contributed by atoms with E-state index in [9.17, 15) is 13.2 Å². The molecule has 140 valence electrons. The second-order valence-electron chi connectivity index (χ2n) is 5.92. The van der Waals surface area contributed by atoms with Crippen LogP contribution in [0.3, 0.4) is 0 Å². The summed E-state index contributed by atoms with van der Waals surface area (Å²) in [5.41, 5.74) is 1.93. The van der Waals surface area contributed by atoms with Gasteiger partial charge in [-0.3, -0.25) is 9.69 Å². The molecule has 1 amide bonds. The van der Waals surface area contributed by atoms with E-state index in [1.165, 1.54) is 4.90 Å². The van der Waals surface area contributed by atoms with E-state index in [-0.39, 0.29) is 16.0 Å². The summed E-state index contributed by atoms with van der Waals surface area (Å²) in [6, 6.07) is 16.1. The first kappa shape index (κ1) is 19.4. The summed E-state index contributed by atoms with van der Waals surface area (Å²) < 4.78 is 29.3. The van der Waals surface area contributed by atoms with Gasteiger partial charge in [-0.2, -0.15) is 8.42 Å². The molecule has 0 bridgehead atoms. The molecule has 0 radical (unpaired) electrons. The average Bonchev–Trinajstić information content (AvgIpc) is 2.96. The third-order valence-electron chi connectivity index (χ3n) is 4.13. The van der Waals surface area contributed by atoms with Gasteiger partial charge < -0.3 is 0 Å². The van der Waals surface area contributed by atoms with Crippen LogP contribution in [0.25, 0.3) is 6.08 Å². The number of hydrogen-bond donors (Lipinski definition) is 0. The lowest BCUT2D eigenvalue weighted by Gasteiger charge is -2.12. The standard InChI is InChI=1S/C20H20N2O3S2/c1-3-15-10-12-17(13-11-15)27(24,25)21-20-22(4-2)19(23)18(26-20)14-16-8-6-5-7-9-16/h5-14H,3-4H2,1-2H3/b18-14-,21-20?. The number of hydrogen-bond acceptors (Lipinski definition) is 4. The van der Waals surface area contributed by atoms with Gasteiger partial charge in [0.1, 0.15) is 0 Å². The van der Waals surface area contributed by atoms with Crippen molar-refractivity contribution in [3.8, 4) is 0 Å². The molecule has 2 aromatic rings. The highest BCUT2D eigenvalue weighted by atomic mass is 32.2. The van der Waals surface area contributed by atoms with Crippen molar-refractivity contribution in [1.82, 2.24) is 4.90 Å². The maximum atomic E-state index is 12.7. The van der Waals surface area contributed by atoms with Crippen molar-refractivity contribution >= 4 is 38.9 Å². The molecule has 0 N–H and O–H groups in total. The fraction of sp³-hybridized carbons (Fsp3) is 0.200. The Bertz CT molecular complexity index is 995. The van der Waals surface area contributed by atoms with Crippen LogP contribution < -0.4 is 0 Å². The Morgan fingerprint density at radius 3 is 2.30 bits per heavy atom. The Labute approximate surface area is 163 Å². The van der Waals surface area contributed by atoms with Crippen LogP contribution in [0.4, 0.5) is 0 Å². The molecule has 1 aliphatic heterocycles. The van der Waals surface area contributed by atoms with E-state index >= 15 is 0 Å². The largest absolute Gasteiger partial charge is 0.286 e. The fourth-order valence-electron chi connectivity index (χ4n) is 2.61. The summed E-state index contributed by atoms with van der Waals surface area (Å²) in [6.45, 7) is 4.15. The van der Waals surface area contributed by atoms with E-state index in [2.05, 4.69) is 4.40 Å². The topological polar surface area (TPSA) is 66.8 Å².